The fraction of sp³-hybridized carbons (Fsp3) is 0.200. The second kappa shape index (κ2) is 3.79. The summed E-state index contributed by atoms with van der Waals surface area (Å²) in [5.74, 6) is -0.943. The molecule has 0 amide bonds. The number of rotatable bonds is 2. The molecule has 0 aliphatic rings. The van der Waals surface area contributed by atoms with Gasteiger partial charge in [0.25, 0.3) is 0 Å². The molecule has 14 heavy (non-hydrogen) atoms. The van der Waals surface area contributed by atoms with Gasteiger partial charge in [-0.2, -0.15) is 5.26 Å². The van der Waals surface area contributed by atoms with Gasteiger partial charge >= 0.3 is 5.97 Å². The molecule has 0 aliphatic heterocycles. The Hall–Kier alpha value is -2.02. The summed E-state index contributed by atoms with van der Waals surface area (Å²) in [5.41, 5.74) is 0.706. The summed E-state index contributed by atoms with van der Waals surface area (Å²) in [6.45, 7) is 1.68. The highest BCUT2D eigenvalue weighted by atomic mass is 16.5. The van der Waals surface area contributed by atoms with Gasteiger partial charge in [0.15, 0.2) is 0 Å². The first kappa shape index (κ1) is 10.1. The minimum absolute atomic E-state index is 0.0741. The van der Waals surface area contributed by atoms with E-state index < -0.39 is 5.97 Å². The molecule has 0 unspecified atom stereocenters. The largest absolute Gasteiger partial charge is 0.496 e. The lowest BCUT2D eigenvalue weighted by molar-refractivity contribution is 0.0693. The average molecular weight is 191 g/mol. The van der Waals surface area contributed by atoms with Gasteiger partial charge in [0.05, 0.1) is 12.7 Å². The van der Waals surface area contributed by atoms with Crippen LogP contribution in [0.4, 0.5) is 0 Å². The normalized spacial score (nSPS) is 9.21. The van der Waals surface area contributed by atoms with Crippen LogP contribution >= 0.6 is 0 Å². The van der Waals surface area contributed by atoms with E-state index in [4.69, 9.17) is 15.1 Å². The van der Waals surface area contributed by atoms with Crippen molar-refractivity contribution in [3.63, 3.8) is 0 Å². The van der Waals surface area contributed by atoms with Gasteiger partial charge in [0.2, 0.25) is 0 Å². The van der Waals surface area contributed by atoms with Gasteiger partial charge in [-0.25, -0.2) is 4.79 Å². The zero-order valence-corrected chi connectivity index (χ0v) is 7.87. The molecular weight excluding hydrogens is 182 g/mol. The number of methoxy groups -OCH3 is 1. The van der Waals surface area contributed by atoms with Gasteiger partial charge in [0.1, 0.15) is 17.4 Å². The molecule has 1 rings (SSSR count). The smallest absolute Gasteiger partial charge is 0.340 e. The van der Waals surface area contributed by atoms with E-state index in [0.717, 1.165) is 0 Å². The molecule has 0 bridgehead atoms. The Morgan fingerprint density at radius 3 is 2.64 bits per heavy atom. The van der Waals surface area contributed by atoms with Crippen molar-refractivity contribution in [2.75, 3.05) is 7.11 Å². The van der Waals surface area contributed by atoms with E-state index in [1.807, 2.05) is 6.07 Å². The molecule has 4 nitrogen and oxygen atoms in total. The van der Waals surface area contributed by atoms with Crippen molar-refractivity contribution in [3.05, 3.63) is 28.8 Å². The number of carbonyl (C=O) groups is 1. The third-order valence-corrected chi connectivity index (χ3v) is 1.92. The standard InChI is InChI=1S/C10H9NO3/c1-6-3-4-8(14-2)9(10(12)13)7(6)5-11/h3-4H,1-2H3,(H,12,13). The summed E-state index contributed by atoms with van der Waals surface area (Å²) in [5, 5.41) is 17.7. The number of nitriles is 1. The number of aryl methyl sites for hydroxylation is 1. The molecule has 72 valence electrons. The van der Waals surface area contributed by atoms with Gasteiger partial charge in [-0.05, 0) is 18.6 Å². The number of hydrogen-bond acceptors (Lipinski definition) is 3. The second-order valence-corrected chi connectivity index (χ2v) is 2.75. The van der Waals surface area contributed by atoms with Crippen molar-refractivity contribution < 1.29 is 14.6 Å². The van der Waals surface area contributed by atoms with E-state index in [0.29, 0.717) is 5.56 Å². The SMILES string of the molecule is COc1ccc(C)c(C#N)c1C(=O)O. The molecule has 0 aromatic heterocycles. The Kier molecular flexibility index (Phi) is 2.73. The third-order valence-electron chi connectivity index (χ3n) is 1.92. The van der Waals surface area contributed by atoms with E-state index >= 15 is 0 Å². The fourth-order valence-corrected chi connectivity index (χ4v) is 1.21. The van der Waals surface area contributed by atoms with Crippen LogP contribution in [0.3, 0.4) is 0 Å². The summed E-state index contributed by atoms with van der Waals surface area (Å²) >= 11 is 0. The van der Waals surface area contributed by atoms with Crippen molar-refractivity contribution in [1.82, 2.24) is 0 Å². The Morgan fingerprint density at radius 1 is 1.57 bits per heavy atom. The van der Waals surface area contributed by atoms with Crippen LogP contribution in [0.2, 0.25) is 0 Å². The predicted molar refractivity (Wildman–Crippen MR) is 49.4 cm³/mol. The molecular formula is C10H9NO3. The van der Waals surface area contributed by atoms with Crippen LogP contribution in [0.5, 0.6) is 5.75 Å². The molecule has 1 aromatic carbocycles. The number of aromatic carboxylic acids is 1. The Labute approximate surface area is 81.4 Å². The summed E-state index contributed by atoms with van der Waals surface area (Å²) in [7, 11) is 1.37. The number of hydrogen-bond donors (Lipinski definition) is 1. The first-order valence-electron chi connectivity index (χ1n) is 3.92. The minimum atomic E-state index is -1.15. The molecule has 0 radical (unpaired) electrons. The number of benzene rings is 1. The van der Waals surface area contributed by atoms with Crippen LogP contribution in [-0.4, -0.2) is 18.2 Å². The number of ether oxygens (including phenoxy) is 1. The van der Waals surface area contributed by atoms with Crippen LogP contribution in [-0.2, 0) is 0 Å². The Balaban J connectivity index is 3.54. The van der Waals surface area contributed by atoms with Crippen LogP contribution in [0, 0.1) is 18.3 Å². The minimum Gasteiger partial charge on any atom is -0.496 e. The number of nitrogens with zero attached hydrogens (tertiary/aromatic N) is 1. The first-order chi connectivity index (χ1) is 6.61. The summed E-state index contributed by atoms with van der Waals surface area (Å²) in [6.07, 6.45) is 0. The fourth-order valence-electron chi connectivity index (χ4n) is 1.21. The molecule has 0 atom stereocenters. The summed E-state index contributed by atoms with van der Waals surface area (Å²) in [6, 6.07) is 5.06. The molecule has 0 fully saturated rings. The Bertz CT molecular complexity index is 418. The molecule has 0 spiro atoms. The van der Waals surface area contributed by atoms with Gasteiger partial charge < -0.3 is 9.84 Å². The zero-order valence-electron chi connectivity index (χ0n) is 7.87. The maximum atomic E-state index is 10.9. The molecule has 1 N–H and O–H groups in total. The van der Waals surface area contributed by atoms with Crippen LogP contribution in [0.25, 0.3) is 0 Å². The number of carboxylic acids is 1. The average Bonchev–Trinajstić information content (AvgIpc) is 2.17. The van der Waals surface area contributed by atoms with E-state index in [9.17, 15) is 4.79 Å². The van der Waals surface area contributed by atoms with Gasteiger partial charge in [0, 0.05) is 0 Å². The van der Waals surface area contributed by atoms with Crippen LogP contribution < -0.4 is 4.74 Å². The van der Waals surface area contributed by atoms with Crippen molar-refractivity contribution in [3.8, 4) is 11.8 Å². The van der Waals surface area contributed by atoms with E-state index in [2.05, 4.69) is 0 Å². The highest BCUT2D eigenvalue weighted by Gasteiger charge is 2.17. The number of carboxylic acid groups (broad SMARTS) is 1. The highest BCUT2D eigenvalue weighted by Crippen LogP contribution is 2.24. The molecule has 0 saturated carbocycles. The quantitative estimate of drug-likeness (QED) is 0.770. The van der Waals surface area contributed by atoms with Crippen molar-refractivity contribution in [2.45, 2.75) is 6.92 Å². The monoisotopic (exact) mass is 191 g/mol. The third kappa shape index (κ3) is 1.52. The van der Waals surface area contributed by atoms with E-state index in [1.165, 1.54) is 7.11 Å². The molecule has 1 aromatic rings. The van der Waals surface area contributed by atoms with Crippen molar-refractivity contribution in [1.29, 1.82) is 5.26 Å². The predicted octanol–water partition coefficient (Wildman–Crippen LogP) is 1.57. The molecule has 0 heterocycles. The molecule has 4 heteroatoms. The molecule has 0 saturated heterocycles. The molecule has 0 aliphatic carbocycles. The lowest BCUT2D eigenvalue weighted by atomic mass is 10.0. The zero-order chi connectivity index (χ0) is 10.7. The topological polar surface area (TPSA) is 70.3 Å². The van der Waals surface area contributed by atoms with Gasteiger partial charge in [-0.1, -0.05) is 6.07 Å². The van der Waals surface area contributed by atoms with Gasteiger partial charge in [-0.3, -0.25) is 0 Å². The van der Waals surface area contributed by atoms with Crippen LogP contribution in [0.1, 0.15) is 21.5 Å². The van der Waals surface area contributed by atoms with Crippen LogP contribution in [0.15, 0.2) is 12.1 Å². The summed E-state index contributed by atoms with van der Waals surface area (Å²) < 4.78 is 4.87. The van der Waals surface area contributed by atoms with Crippen molar-refractivity contribution in [2.24, 2.45) is 0 Å². The van der Waals surface area contributed by atoms with Gasteiger partial charge in [-0.15, -0.1) is 0 Å². The first-order valence-corrected chi connectivity index (χ1v) is 3.92. The maximum absolute atomic E-state index is 10.9. The Morgan fingerprint density at radius 2 is 2.21 bits per heavy atom. The summed E-state index contributed by atoms with van der Waals surface area (Å²) in [4.78, 5) is 10.9. The highest BCUT2D eigenvalue weighted by molar-refractivity contribution is 5.94. The van der Waals surface area contributed by atoms with Crippen molar-refractivity contribution >= 4 is 5.97 Å². The van der Waals surface area contributed by atoms with E-state index in [-0.39, 0.29) is 16.9 Å². The van der Waals surface area contributed by atoms with E-state index in [1.54, 1.807) is 19.1 Å². The maximum Gasteiger partial charge on any atom is 0.340 e. The second-order valence-electron chi connectivity index (χ2n) is 2.75. The lowest BCUT2D eigenvalue weighted by Gasteiger charge is -2.07. The lowest BCUT2D eigenvalue weighted by Crippen LogP contribution is -2.05.